The molecular weight excluding hydrogens is 146 g/mol. The van der Waals surface area contributed by atoms with E-state index < -0.39 is 11.8 Å². The molecule has 0 aliphatic heterocycles. The molecule has 0 heterocycles. The highest BCUT2D eigenvalue weighted by molar-refractivity contribution is 5.81. The van der Waals surface area contributed by atoms with Crippen LogP contribution in [0.3, 0.4) is 0 Å². The Kier molecular flexibility index (Phi) is 3.28. The lowest BCUT2D eigenvalue weighted by Crippen LogP contribution is -2.31. The molecule has 4 heteroatoms. The van der Waals surface area contributed by atoms with Gasteiger partial charge in [0.25, 0.3) is 5.79 Å². The number of ether oxygens (including phenoxy) is 2. The zero-order valence-corrected chi connectivity index (χ0v) is 6.46. The first-order valence-electron chi connectivity index (χ1n) is 2.90. The van der Waals surface area contributed by atoms with Gasteiger partial charge in [0.1, 0.15) is 6.07 Å². The minimum absolute atomic E-state index is 0.684. The summed E-state index contributed by atoms with van der Waals surface area (Å²) >= 11 is 0. The molecule has 11 heavy (non-hydrogen) atoms. The summed E-state index contributed by atoms with van der Waals surface area (Å²) < 4.78 is 9.15. The lowest BCUT2D eigenvalue weighted by molar-refractivity contribution is -0.185. The van der Waals surface area contributed by atoms with E-state index in [-0.39, 0.29) is 0 Å². The van der Waals surface area contributed by atoms with Gasteiger partial charge in [-0.05, 0) is 0 Å². The van der Waals surface area contributed by atoms with Gasteiger partial charge in [-0.1, -0.05) is 6.58 Å². The van der Waals surface area contributed by atoms with Crippen molar-refractivity contribution in [3.8, 4) is 6.07 Å². The van der Waals surface area contributed by atoms with Crippen molar-refractivity contribution in [1.82, 2.24) is 0 Å². The maximum absolute atomic E-state index is 10.6. The highest BCUT2D eigenvalue weighted by atomic mass is 16.7. The summed E-state index contributed by atoms with van der Waals surface area (Å²) in [4.78, 5) is 10.6. The fourth-order valence-corrected chi connectivity index (χ4v) is 0.344. The zero-order valence-electron chi connectivity index (χ0n) is 6.46. The van der Waals surface area contributed by atoms with Gasteiger partial charge in [0, 0.05) is 20.1 Å². The molecule has 4 nitrogen and oxygen atoms in total. The van der Waals surface area contributed by atoms with Crippen LogP contribution in [0.25, 0.3) is 0 Å². The Labute approximate surface area is 65.0 Å². The summed E-state index contributed by atoms with van der Waals surface area (Å²) in [6.45, 7) is 4.52. The van der Waals surface area contributed by atoms with Crippen LogP contribution in [0.5, 0.6) is 0 Å². The van der Waals surface area contributed by atoms with Gasteiger partial charge in [-0.15, -0.1) is 0 Å². The van der Waals surface area contributed by atoms with Crippen LogP contribution in [-0.2, 0) is 14.3 Å². The van der Waals surface area contributed by atoms with E-state index in [1.165, 1.54) is 14.0 Å². The Morgan fingerprint density at radius 3 is 2.64 bits per heavy atom. The molecule has 1 atom stereocenters. The van der Waals surface area contributed by atoms with E-state index in [1.807, 2.05) is 0 Å². The molecule has 0 saturated heterocycles. The third-order valence-electron chi connectivity index (χ3n) is 1.05. The van der Waals surface area contributed by atoms with Crippen molar-refractivity contribution in [1.29, 1.82) is 5.26 Å². The van der Waals surface area contributed by atoms with Crippen molar-refractivity contribution in [3.63, 3.8) is 0 Å². The third kappa shape index (κ3) is 2.83. The first kappa shape index (κ1) is 9.66. The number of rotatable bonds is 3. The van der Waals surface area contributed by atoms with Crippen LogP contribution in [0, 0.1) is 11.3 Å². The molecule has 60 valence electrons. The summed E-state index contributed by atoms with van der Waals surface area (Å²) in [5, 5.41) is 8.44. The van der Waals surface area contributed by atoms with Crippen LogP contribution >= 0.6 is 0 Å². The number of hydrogen-bond donors (Lipinski definition) is 0. The highest BCUT2D eigenvalue weighted by Crippen LogP contribution is 2.09. The number of methoxy groups -OCH3 is 1. The van der Waals surface area contributed by atoms with Gasteiger partial charge < -0.3 is 9.47 Å². The van der Waals surface area contributed by atoms with E-state index in [1.54, 1.807) is 6.07 Å². The van der Waals surface area contributed by atoms with E-state index >= 15 is 0 Å². The molecule has 0 aliphatic rings. The summed E-state index contributed by atoms with van der Waals surface area (Å²) in [6.07, 6.45) is 0.967. The topological polar surface area (TPSA) is 59.3 Å². The monoisotopic (exact) mass is 155 g/mol. The molecule has 0 amide bonds. The zero-order chi connectivity index (χ0) is 8.91. The Morgan fingerprint density at radius 1 is 1.82 bits per heavy atom. The molecule has 0 saturated carbocycles. The first-order chi connectivity index (χ1) is 5.08. The van der Waals surface area contributed by atoms with Crippen LogP contribution in [0.4, 0.5) is 0 Å². The number of carbonyl (C=O) groups is 1. The molecule has 0 fully saturated rings. The second kappa shape index (κ2) is 3.74. The van der Waals surface area contributed by atoms with Gasteiger partial charge >= 0.3 is 5.97 Å². The molecule has 0 radical (unpaired) electrons. The molecule has 0 aromatic heterocycles. The predicted molar refractivity (Wildman–Crippen MR) is 37.3 cm³/mol. The maximum Gasteiger partial charge on any atom is 0.333 e. The number of carbonyl (C=O) groups excluding carboxylic acids is 1. The van der Waals surface area contributed by atoms with E-state index in [0.29, 0.717) is 0 Å². The molecule has 0 aliphatic carbocycles. The summed E-state index contributed by atoms with van der Waals surface area (Å²) in [5.41, 5.74) is 0. The quantitative estimate of drug-likeness (QED) is 0.340. The van der Waals surface area contributed by atoms with E-state index in [9.17, 15) is 4.79 Å². The van der Waals surface area contributed by atoms with Gasteiger partial charge in [-0.2, -0.15) is 5.26 Å². The van der Waals surface area contributed by atoms with Crippen molar-refractivity contribution in [2.24, 2.45) is 0 Å². The van der Waals surface area contributed by atoms with Gasteiger partial charge in [-0.3, -0.25) is 0 Å². The first-order valence-corrected chi connectivity index (χ1v) is 2.90. The van der Waals surface area contributed by atoms with Crippen LogP contribution in [0.1, 0.15) is 6.92 Å². The average Bonchev–Trinajstić information content (AvgIpc) is 2.04. The second-order valence-electron chi connectivity index (χ2n) is 1.89. The molecule has 0 rings (SSSR count). The summed E-state index contributed by atoms with van der Waals surface area (Å²) in [5.74, 6) is -2.19. The van der Waals surface area contributed by atoms with Crippen LogP contribution in [-0.4, -0.2) is 18.9 Å². The molecule has 0 spiro atoms. The highest BCUT2D eigenvalue weighted by Gasteiger charge is 2.26. The largest absolute Gasteiger partial charge is 0.416 e. The van der Waals surface area contributed by atoms with Crippen molar-refractivity contribution < 1.29 is 14.3 Å². The van der Waals surface area contributed by atoms with Crippen molar-refractivity contribution in [2.45, 2.75) is 12.7 Å². The smallest absolute Gasteiger partial charge is 0.333 e. The SMILES string of the molecule is C=CC(=O)OC(C)(C#N)OC. The lowest BCUT2D eigenvalue weighted by atomic mass is 10.4. The summed E-state index contributed by atoms with van der Waals surface area (Å²) in [7, 11) is 1.28. The standard InChI is InChI=1S/C7H9NO3/c1-4-6(9)11-7(2,5-8)10-3/h4H,1H2,2-3H3. The minimum atomic E-state index is -1.51. The summed E-state index contributed by atoms with van der Waals surface area (Å²) in [6, 6.07) is 1.68. The van der Waals surface area contributed by atoms with E-state index in [4.69, 9.17) is 5.26 Å². The number of nitriles is 1. The molecular formula is C7H9NO3. The fourth-order valence-electron chi connectivity index (χ4n) is 0.344. The molecule has 1 unspecified atom stereocenters. The van der Waals surface area contributed by atoms with Crippen LogP contribution in [0.15, 0.2) is 12.7 Å². The lowest BCUT2D eigenvalue weighted by Gasteiger charge is -2.18. The van der Waals surface area contributed by atoms with Crippen molar-refractivity contribution >= 4 is 5.97 Å². The number of esters is 1. The van der Waals surface area contributed by atoms with Crippen LogP contribution < -0.4 is 0 Å². The predicted octanol–water partition coefficient (Wildman–Crippen LogP) is 0.602. The molecule has 0 aromatic carbocycles. The minimum Gasteiger partial charge on any atom is -0.416 e. The average molecular weight is 155 g/mol. The Hall–Kier alpha value is -1.34. The van der Waals surface area contributed by atoms with Gasteiger partial charge in [0.2, 0.25) is 0 Å². The Balaban J connectivity index is 4.22. The van der Waals surface area contributed by atoms with E-state index in [0.717, 1.165) is 6.08 Å². The fraction of sp³-hybridized carbons (Fsp3) is 0.429. The van der Waals surface area contributed by atoms with Gasteiger partial charge in [-0.25, -0.2) is 4.79 Å². The van der Waals surface area contributed by atoms with E-state index in [2.05, 4.69) is 16.1 Å². The molecule has 0 bridgehead atoms. The van der Waals surface area contributed by atoms with Crippen LogP contribution in [0.2, 0.25) is 0 Å². The third-order valence-corrected chi connectivity index (χ3v) is 1.05. The van der Waals surface area contributed by atoms with Gasteiger partial charge in [0.15, 0.2) is 0 Å². The van der Waals surface area contributed by atoms with Gasteiger partial charge in [0.05, 0.1) is 0 Å². The number of nitrogens with zero attached hydrogens (tertiary/aromatic N) is 1. The molecule has 0 N–H and O–H groups in total. The Morgan fingerprint density at radius 2 is 2.36 bits per heavy atom. The second-order valence-corrected chi connectivity index (χ2v) is 1.89. The number of hydrogen-bond acceptors (Lipinski definition) is 4. The maximum atomic E-state index is 10.6. The van der Waals surface area contributed by atoms with Crippen molar-refractivity contribution in [2.75, 3.05) is 7.11 Å². The normalized spacial score (nSPS) is 14.3. The Bertz CT molecular complexity index is 206. The van der Waals surface area contributed by atoms with Crippen molar-refractivity contribution in [3.05, 3.63) is 12.7 Å². The molecule has 0 aromatic rings.